The van der Waals surface area contributed by atoms with Crippen LogP contribution < -0.4 is 10.6 Å². The van der Waals surface area contributed by atoms with E-state index in [0.717, 1.165) is 16.7 Å². The van der Waals surface area contributed by atoms with Gasteiger partial charge in [0.25, 0.3) is 0 Å². The molecular formula is C12H14N4. The smallest absolute Gasteiger partial charge is 0.224 e. The molecule has 2 aromatic rings. The molecule has 16 heavy (non-hydrogen) atoms. The highest BCUT2D eigenvalue weighted by Gasteiger charge is 2.22. The number of anilines is 2. The molecule has 1 aliphatic rings. The number of hydrogen-bond acceptors (Lipinski definition) is 4. The van der Waals surface area contributed by atoms with Crippen LogP contribution in [0.1, 0.15) is 12.8 Å². The fourth-order valence-electron chi connectivity index (χ4n) is 1.72. The summed E-state index contributed by atoms with van der Waals surface area (Å²) < 4.78 is 0. The van der Waals surface area contributed by atoms with Gasteiger partial charge in [0.2, 0.25) is 5.95 Å². The monoisotopic (exact) mass is 214 g/mol. The van der Waals surface area contributed by atoms with E-state index in [4.69, 9.17) is 0 Å². The maximum absolute atomic E-state index is 4.47. The number of para-hydroxylation sites is 1. The summed E-state index contributed by atoms with van der Waals surface area (Å²) in [4.78, 5) is 8.89. The van der Waals surface area contributed by atoms with E-state index in [1.54, 1.807) is 0 Å². The minimum absolute atomic E-state index is 0.600. The third kappa shape index (κ3) is 1.66. The Morgan fingerprint density at radius 3 is 2.75 bits per heavy atom. The summed E-state index contributed by atoms with van der Waals surface area (Å²) in [5, 5.41) is 7.52. The first-order chi connectivity index (χ1) is 7.86. The number of rotatable bonds is 3. The molecular weight excluding hydrogens is 200 g/mol. The Morgan fingerprint density at radius 2 is 2.00 bits per heavy atom. The van der Waals surface area contributed by atoms with Gasteiger partial charge >= 0.3 is 0 Å². The molecule has 2 N–H and O–H groups in total. The van der Waals surface area contributed by atoms with Gasteiger partial charge in [0, 0.05) is 18.5 Å². The maximum atomic E-state index is 4.47. The van der Waals surface area contributed by atoms with Gasteiger partial charge in [-0.15, -0.1) is 0 Å². The zero-order chi connectivity index (χ0) is 11.0. The fourth-order valence-corrected chi connectivity index (χ4v) is 1.72. The van der Waals surface area contributed by atoms with E-state index in [2.05, 4.69) is 26.7 Å². The quantitative estimate of drug-likeness (QED) is 0.822. The average molecular weight is 214 g/mol. The highest BCUT2D eigenvalue weighted by Crippen LogP contribution is 2.28. The molecule has 82 valence electrons. The molecule has 0 radical (unpaired) electrons. The van der Waals surface area contributed by atoms with Crippen molar-refractivity contribution in [3.8, 4) is 0 Å². The van der Waals surface area contributed by atoms with Crippen molar-refractivity contribution < 1.29 is 0 Å². The van der Waals surface area contributed by atoms with Crippen molar-refractivity contribution in [1.82, 2.24) is 9.97 Å². The van der Waals surface area contributed by atoms with E-state index in [0.29, 0.717) is 12.0 Å². The average Bonchev–Trinajstić information content (AvgIpc) is 3.13. The Labute approximate surface area is 94.1 Å². The van der Waals surface area contributed by atoms with Gasteiger partial charge in [-0.1, -0.05) is 12.1 Å². The van der Waals surface area contributed by atoms with E-state index >= 15 is 0 Å². The Bertz CT molecular complexity index is 519. The van der Waals surface area contributed by atoms with Crippen molar-refractivity contribution in [3.05, 3.63) is 24.3 Å². The van der Waals surface area contributed by atoms with Gasteiger partial charge in [-0.2, -0.15) is 4.98 Å². The topological polar surface area (TPSA) is 49.8 Å². The van der Waals surface area contributed by atoms with Crippen LogP contribution in [0.15, 0.2) is 24.3 Å². The molecule has 1 aliphatic carbocycles. The van der Waals surface area contributed by atoms with Crippen LogP contribution in [0.3, 0.4) is 0 Å². The summed E-state index contributed by atoms with van der Waals surface area (Å²) in [6.45, 7) is 0. The largest absolute Gasteiger partial charge is 0.367 e. The highest BCUT2D eigenvalue weighted by atomic mass is 15.1. The summed E-state index contributed by atoms with van der Waals surface area (Å²) in [7, 11) is 1.84. The molecule has 0 amide bonds. The van der Waals surface area contributed by atoms with Crippen LogP contribution in [0, 0.1) is 0 Å². The van der Waals surface area contributed by atoms with Gasteiger partial charge in [0.15, 0.2) is 0 Å². The summed E-state index contributed by atoms with van der Waals surface area (Å²) in [5.41, 5.74) is 0.977. The molecule has 0 saturated heterocycles. The SMILES string of the molecule is CNc1nc(NC2CC2)c2ccccc2n1. The van der Waals surface area contributed by atoms with E-state index in [-0.39, 0.29) is 0 Å². The molecule has 0 unspecified atom stereocenters. The van der Waals surface area contributed by atoms with Crippen molar-refractivity contribution in [3.63, 3.8) is 0 Å². The van der Waals surface area contributed by atoms with Crippen LogP contribution in [0.4, 0.5) is 11.8 Å². The Hall–Kier alpha value is -1.84. The maximum Gasteiger partial charge on any atom is 0.224 e. The molecule has 1 heterocycles. The van der Waals surface area contributed by atoms with Crippen molar-refractivity contribution >= 4 is 22.7 Å². The van der Waals surface area contributed by atoms with Gasteiger partial charge < -0.3 is 10.6 Å². The van der Waals surface area contributed by atoms with Gasteiger partial charge in [-0.3, -0.25) is 0 Å². The second-order valence-electron chi connectivity index (χ2n) is 4.08. The third-order valence-corrected chi connectivity index (χ3v) is 2.75. The molecule has 0 atom stereocenters. The Morgan fingerprint density at radius 1 is 1.19 bits per heavy atom. The lowest BCUT2D eigenvalue weighted by molar-refractivity contribution is 1.10. The first kappa shape index (κ1) is 9.39. The molecule has 0 bridgehead atoms. The fraction of sp³-hybridized carbons (Fsp3) is 0.333. The number of nitrogens with one attached hydrogen (secondary N) is 2. The molecule has 4 heteroatoms. The van der Waals surface area contributed by atoms with Crippen LogP contribution >= 0.6 is 0 Å². The number of nitrogens with zero attached hydrogens (tertiary/aromatic N) is 2. The predicted molar refractivity (Wildman–Crippen MR) is 65.7 cm³/mol. The second-order valence-corrected chi connectivity index (χ2v) is 4.08. The third-order valence-electron chi connectivity index (χ3n) is 2.75. The van der Waals surface area contributed by atoms with E-state index in [1.165, 1.54) is 12.8 Å². The number of hydrogen-bond donors (Lipinski definition) is 2. The number of aromatic nitrogens is 2. The minimum atomic E-state index is 0.600. The lowest BCUT2D eigenvalue weighted by Gasteiger charge is -2.09. The second kappa shape index (κ2) is 3.63. The Balaban J connectivity index is 2.13. The van der Waals surface area contributed by atoms with Gasteiger partial charge in [-0.25, -0.2) is 4.98 Å². The van der Waals surface area contributed by atoms with Crippen LogP contribution in [0.2, 0.25) is 0 Å². The summed E-state index contributed by atoms with van der Waals surface area (Å²) in [6.07, 6.45) is 2.49. The van der Waals surface area contributed by atoms with Crippen molar-refractivity contribution in [2.24, 2.45) is 0 Å². The van der Waals surface area contributed by atoms with Gasteiger partial charge in [-0.05, 0) is 25.0 Å². The van der Waals surface area contributed by atoms with Crippen LogP contribution in [-0.4, -0.2) is 23.1 Å². The van der Waals surface area contributed by atoms with Crippen LogP contribution in [-0.2, 0) is 0 Å². The molecule has 4 nitrogen and oxygen atoms in total. The summed E-state index contributed by atoms with van der Waals surface area (Å²) in [6, 6.07) is 8.68. The molecule has 1 fully saturated rings. The van der Waals surface area contributed by atoms with Crippen LogP contribution in [0.5, 0.6) is 0 Å². The number of fused-ring (bicyclic) bond motifs is 1. The molecule has 0 spiro atoms. The lowest BCUT2D eigenvalue weighted by atomic mass is 10.2. The first-order valence-corrected chi connectivity index (χ1v) is 5.58. The lowest BCUT2D eigenvalue weighted by Crippen LogP contribution is -2.06. The predicted octanol–water partition coefficient (Wildman–Crippen LogP) is 2.25. The van der Waals surface area contributed by atoms with Gasteiger partial charge in [0.05, 0.1) is 5.52 Å². The molecule has 3 rings (SSSR count). The summed E-state index contributed by atoms with van der Waals surface area (Å²) in [5.74, 6) is 1.61. The first-order valence-electron chi connectivity index (χ1n) is 5.58. The highest BCUT2D eigenvalue weighted by molar-refractivity contribution is 5.90. The normalized spacial score (nSPS) is 15.1. The number of benzene rings is 1. The molecule has 0 aliphatic heterocycles. The minimum Gasteiger partial charge on any atom is -0.367 e. The van der Waals surface area contributed by atoms with Crippen LogP contribution in [0.25, 0.3) is 10.9 Å². The molecule has 1 aromatic carbocycles. The van der Waals surface area contributed by atoms with Crippen molar-refractivity contribution in [2.75, 3.05) is 17.7 Å². The molecule has 1 aromatic heterocycles. The van der Waals surface area contributed by atoms with Gasteiger partial charge in [0.1, 0.15) is 5.82 Å². The van der Waals surface area contributed by atoms with Crippen molar-refractivity contribution in [2.45, 2.75) is 18.9 Å². The summed E-state index contributed by atoms with van der Waals surface area (Å²) >= 11 is 0. The zero-order valence-electron chi connectivity index (χ0n) is 9.20. The Kier molecular flexibility index (Phi) is 2.13. The zero-order valence-corrected chi connectivity index (χ0v) is 9.20. The standard InChI is InChI=1S/C12H14N4/c1-13-12-15-10-5-3-2-4-9(10)11(16-12)14-8-6-7-8/h2-5,8H,6-7H2,1H3,(H2,13,14,15,16). The van der Waals surface area contributed by atoms with E-state index in [9.17, 15) is 0 Å². The molecule has 1 saturated carbocycles. The van der Waals surface area contributed by atoms with E-state index < -0.39 is 0 Å². The van der Waals surface area contributed by atoms with E-state index in [1.807, 2.05) is 25.2 Å². The van der Waals surface area contributed by atoms with Crippen molar-refractivity contribution in [1.29, 1.82) is 0 Å².